The van der Waals surface area contributed by atoms with Gasteiger partial charge in [0.15, 0.2) is 0 Å². The Kier molecular flexibility index (Phi) is 8.99. The number of nitrogens with zero attached hydrogens (tertiary/aromatic N) is 1. The highest BCUT2D eigenvalue weighted by Crippen LogP contribution is 2.22. The summed E-state index contributed by atoms with van der Waals surface area (Å²) in [6.07, 6.45) is -0.133. The fourth-order valence-corrected chi connectivity index (χ4v) is 4.28. The molecule has 4 rings (SSSR count). The Hall–Kier alpha value is -3.88. The number of benzene rings is 3. The van der Waals surface area contributed by atoms with E-state index in [0.717, 1.165) is 23.6 Å². The number of aryl methyl sites for hydroxylation is 2. The number of nitrogens with one attached hydrogen (secondary N) is 2. The topological polar surface area (TPSA) is 87.4 Å². The van der Waals surface area contributed by atoms with E-state index in [9.17, 15) is 18.7 Å². The van der Waals surface area contributed by atoms with Gasteiger partial charge in [-0.25, -0.2) is 13.8 Å². The Morgan fingerprint density at radius 2 is 1.68 bits per heavy atom. The fraction of sp³-hybridized carbons (Fsp3) is 0.267. The van der Waals surface area contributed by atoms with Gasteiger partial charge in [-0.05, 0) is 60.7 Å². The van der Waals surface area contributed by atoms with Crippen molar-refractivity contribution in [2.45, 2.75) is 45.4 Å². The number of oxazole rings is 1. The SMILES string of the molecule is CCc1cccc(CNC[C@H](O)[C@H](Cc2cc(F)cc(F)c2)NC(=O)c2oc(-c3ccccc3)nc2C)c1. The van der Waals surface area contributed by atoms with Crippen LogP contribution >= 0.6 is 0 Å². The van der Waals surface area contributed by atoms with Crippen LogP contribution in [0.4, 0.5) is 8.78 Å². The summed E-state index contributed by atoms with van der Waals surface area (Å²) in [4.78, 5) is 17.5. The highest BCUT2D eigenvalue weighted by molar-refractivity contribution is 5.93. The highest BCUT2D eigenvalue weighted by atomic mass is 19.1. The number of aliphatic hydroxyl groups is 1. The van der Waals surface area contributed by atoms with Gasteiger partial charge in [0.25, 0.3) is 5.91 Å². The molecule has 0 aliphatic rings. The molecule has 0 saturated carbocycles. The molecule has 0 radical (unpaired) electrons. The van der Waals surface area contributed by atoms with Crippen molar-refractivity contribution in [3.63, 3.8) is 0 Å². The van der Waals surface area contributed by atoms with Crippen LogP contribution in [0.25, 0.3) is 11.5 Å². The molecule has 0 unspecified atom stereocenters. The second-order valence-corrected chi connectivity index (χ2v) is 9.23. The Balaban J connectivity index is 1.49. The molecule has 0 fully saturated rings. The number of halogens is 2. The van der Waals surface area contributed by atoms with Gasteiger partial charge in [-0.2, -0.15) is 0 Å². The molecule has 0 spiro atoms. The summed E-state index contributed by atoms with van der Waals surface area (Å²) >= 11 is 0. The highest BCUT2D eigenvalue weighted by Gasteiger charge is 2.26. The molecular weight excluding hydrogens is 488 g/mol. The number of carbonyl (C=O) groups is 1. The minimum absolute atomic E-state index is 0.00726. The standard InChI is InChI=1S/C30H31F2N3O3/c1-3-20-8-7-9-21(12-20)17-33-18-27(36)26(15-22-13-24(31)16-25(32)14-22)35-29(37)28-19(2)34-30(38-28)23-10-5-4-6-11-23/h4-14,16,26-27,33,36H,3,15,17-18H2,1-2H3,(H,35,37)/t26-,27-/m0/s1. The molecule has 1 heterocycles. The van der Waals surface area contributed by atoms with Crippen molar-refractivity contribution in [3.05, 3.63) is 113 Å². The molecule has 198 valence electrons. The van der Waals surface area contributed by atoms with E-state index < -0.39 is 29.7 Å². The van der Waals surface area contributed by atoms with Gasteiger partial charge in [-0.3, -0.25) is 4.79 Å². The first kappa shape index (κ1) is 27.2. The summed E-state index contributed by atoms with van der Waals surface area (Å²) in [6.45, 7) is 4.40. The third-order valence-corrected chi connectivity index (χ3v) is 6.26. The number of aromatic nitrogens is 1. The molecule has 3 aromatic carbocycles. The van der Waals surface area contributed by atoms with Crippen molar-refractivity contribution >= 4 is 5.91 Å². The summed E-state index contributed by atoms with van der Waals surface area (Å²) in [7, 11) is 0. The van der Waals surface area contributed by atoms with Gasteiger partial charge in [0.2, 0.25) is 11.7 Å². The molecule has 8 heteroatoms. The van der Waals surface area contributed by atoms with Crippen LogP contribution < -0.4 is 10.6 Å². The number of amides is 1. The number of hydrogen-bond donors (Lipinski definition) is 3. The van der Waals surface area contributed by atoms with E-state index in [1.54, 1.807) is 6.92 Å². The van der Waals surface area contributed by atoms with Crippen molar-refractivity contribution in [1.82, 2.24) is 15.6 Å². The lowest BCUT2D eigenvalue weighted by molar-refractivity contribution is 0.0804. The minimum Gasteiger partial charge on any atom is -0.431 e. The quantitative estimate of drug-likeness (QED) is 0.260. The largest absolute Gasteiger partial charge is 0.431 e. The summed E-state index contributed by atoms with van der Waals surface area (Å²) in [5.74, 6) is -1.72. The lowest BCUT2D eigenvalue weighted by Gasteiger charge is -2.24. The number of rotatable bonds is 11. The Morgan fingerprint density at radius 1 is 0.974 bits per heavy atom. The van der Waals surface area contributed by atoms with Crippen LogP contribution in [0.1, 0.15) is 39.9 Å². The Labute approximate surface area is 220 Å². The summed E-state index contributed by atoms with van der Waals surface area (Å²) in [5, 5.41) is 17.0. The maximum atomic E-state index is 13.9. The predicted octanol–water partition coefficient (Wildman–Crippen LogP) is 4.98. The zero-order valence-electron chi connectivity index (χ0n) is 21.4. The predicted molar refractivity (Wildman–Crippen MR) is 142 cm³/mol. The van der Waals surface area contributed by atoms with Gasteiger partial charge >= 0.3 is 0 Å². The van der Waals surface area contributed by atoms with Gasteiger partial charge in [0.1, 0.15) is 11.6 Å². The van der Waals surface area contributed by atoms with Crippen LogP contribution in [0.3, 0.4) is 0 Å². The molecule has 0 saturated heterocycles. The zero-order chi connectivity index (χ0) is 27.1. The van der Waals surface area contributed by atoms with Crippen LogP contribution in [0.5, 0.6) is 0 Å². The third kappa shape index (κ3) is 7.12. The van der Waals surface area contributed by atoms with Crippen molar-refractivity contribution < 1.29 is 23.1 Å². The fourth-order valence-electron chi connectivity index (χ4n) is 4.28. The molecular formula is C30H31F2N3O3. The first-order valence-electron chi connectivity index (χ1n) is 12.6. The molecule has 0 aliphatic carbocycles. The maximum Gasteiger partial charge on any atom is 0.289 e. The van der Waals surface area contributed by atoms with Gasteiger partial charge in [-0.1, -0.05) is 49.4 Å². The monoisotopic (exact) mass is 519 g/mol. The van der Waals surface area contributed by atoms with E-state index in [0.29, 0.717) is 23.7 Å². The zero-order valence-corrected chi connectivity index (χ0v) is 21.4. The number of carbonyl (C=O) groups excluding carboxylic acids is 1. The van der Waals surface area contributed by atoms with Crippen LogP contribution in [-0.4, -0.2) is 34.7 Å². The molecule has 38 heavy (non-hydrogen) atoms. The second kappa shape index (κ2) is 12.6. The second-order valence-electron chi connectivity index (χ2n) is 9.23. The average Bonchev–Trinajstić information content (AvgIpc) is 3.30. The first-order valence-corrected chi connectivity index (χ1v) is 12.6. The molecule has 1 aromatic heterocycles. The smallest absolute Gasteiger partial charge is 0.289 e. The Bertz CT molecular complexity index is 1350. The summed E-state index contributed by atoms with van der Waals surface area (Å²) < 4.78 is 33.5. The van der Waals surface area contributed by atoms with Crippen LogP contribution in [0.15, 0.2) is 77.2 Å². The van der Waals surface area contributed by atoms with E-state index in [2.05, 4.69) is 34.7 Å². The molecule has 2 atom stereocenters. The van der Waals surface area contributed by atoms with E-state index >= 15 is 0 Å². The molecule has 6 nitrogen and oxygen atoms in total. The molecule has 0 aliphatic heterocycles. The maximum absolute atomic E-state index is 13.9. The Morgan fingerprint density at radius 3 is 2.39 bits per heavy atom. The molecule has 4 aromatic rings. The van der Waals surface area contributed by atoms with Crippen molar-refractivity contribution in [2.24, 2.45) is 0 Å². The summed E-state index contributed by atoms with van der Waals surface area (Å²) in [5.41, 5.74) is 3.69. The lowest BCUT2D eigenvalue weighted by atomic mass is 10.00. The van der Waals surface area contributed by atoms with Gasteiger partial charge in [-0.15, -0.1) is 0 Å². The van der Waals surface area contributed by atoms with Crippen LogP contribution in [0.2, 0.25) is 0 Å². The average molecular weight is 520 g/mol. The van der Waals surface area contributed by atoms with E-state index in [-0.39, 0.29) is 18.7 Å². The lowest BCUT2D eigenvalue weighted by Crippen LogP contribution is -2.48. The molecule has 1 amide bonds. The minimum atomic E-state index is -1.06. The van der Waals surface area contributed by atoms with E-state index in [1.165, 1.54) is 17.7 Å². The van der Waals surface area contributed by atoms with Gasteiger partial charge in [0.05, 0.1) is 17.8 Å². The molecule has 0 bridgehead atoms. The van der Waals surface area contributed by atoms with Crippen molar-refractivity contribution in [1.29, 1.82) is 0 Å². The van der Waals surface area contributed by atoms with Gasteiger partial charge < -0.3 is 20.2 Å². The summed E-state index contributed by atoms with van der Waals surface area (Å²) in [6, 6.07) is 19.6. The normalized spacial score (nSPS) is 12.8. The number of hydrogen-bond acceptors (Lipinski definition) is 5. The van der Waals surface area contributed by atoms with Crippen LogP contribution in [-0.2, 0) is 19.4 Å². The van der Waals surface area contributed by atoms with Crippen molar-refractivity contribution in [2.75, 3.05) is 6.54 Å². The van der Waals surface area contributed by atoms with Crippen molar-refractivity contribution in [3.8, 4) is 11.5 Å². The van der Waals surface area contributed by atoms with E-state index in [1.807, 2.05) is 42.5 Å². The van der Waals surface area contributed by atoms with E-state index in [4.69, 9.17) is 4.42 Å². The van der Waals surface area contributed by atoms with Gasteiger partial charge in [0, 0.05) is 24.7 Å². The molecule has 3 N–H and O–H groups in total. The third-order valence-electron chi connectivity index (χ3n) is 6.26. The first-order chi connectivity index (χ1) is 18.3. The van der Waals surface area contributed by atoms with Crippen LogP contribution in [0, 0.1) is 18.6 Å². The number of aliphatic hydroxyl groups excluding tert-OH is 1.